The van der Waals surface area contributed by atoms with Gasteiger partial charge in [-0.15, -0.1) is 0 Å². The van der Waals surface area contributed by atoms with E-state index >= 15 is 0 Å². The Balaban J connectivity index is 3.68. The maximum atomic E-state index is 13.3. The summed E-state index contributed by atoms with van der Waals surface area (Å²) in [5.41, 5.74) is -1.91. The number of esters is 1. The average molecular weight is 528 g/mol. The van der Waals surface area contributed by atoms with Gasteiger partial charge in [0.2, 0.25) is 0 Å². The Morgan fingerprint density at radius 2 is 1.68 bits per heavy atom. The van der Waals surface area contributed by atoms with E-state index in [-0.39, 0.29) is 30.1 Å². The first-order valence-electron chi connectivity index (χ1n) is 14.1. The minimum absolute atomic E-state index is 0.0566. The number of Topliss-reactive ketones (excluding diaryl/α,β-unsaturated/α-hetero) is 1. The summed E-state index contributed by atoms with van der Waals surface area (Å²) in [5.74, 6) is -3.45. The van der Waals surface area contributed by atoms with Crippen LogP contribution in [0.3, 0.4) is 0 Å². The van der Waals surface area contributed by atoms with E-state index in [1.807, 2.05) is 34.6 Å². The largest absolute Gasteiger partial charge is 0.459 e. The number of aliphatic hydroxyl groups is 2. The Hall–Kier alpha value is -1.51. The van der Waals surface area contributed by atoms with E-state index < -0.39 is 47.1 Å². The predicted octanol–water partition coefficient (Wildman–Crippen LogP) is 4.93. The van der Waals surface area contributed by atoms with Gasteiger partial charge in [-0.3, -0.25) is 9.59 Å². The normalized spacial score (nSPS) is 40.7. The first-order chi connectivity index (χ1) is 17.1. The van der Waals surface area contributed by atoms with Crippen molar-refractivity contribution in [3.63, 3.8) is 0 Å². The van der Waals surface area contributed by atoms with Crippen molar-refractivity contribution < 1.29 is 34.1 Å². The summed E-state index contributed by atoms with van der Waals surface area (Å²) < 4.78 is 11.7. The molecular weight excluding hydrogens is 474 g/mol. The summed E-state index contributed by atoms with van der Waals surface area (Å²) in [4.78, 5) is 32.3. The van der Waals surface area contributed by atoms with E-state index in [4.69, 9.17) is 14.3 Å². The lowest BCUT2D eigenvalue weighted by molar-refractivity contribution is -0.187. The summed E-state index contributed by atoms with van der Waals surface area (Å²) in [6.45, 7) is 18.5. The van der Waals surface area contributed by atoms with Gasteiger partial charge in [0.25, 0.3) is 0 Å². The van der Waals surface area contributed by atoms with Gasteiger partial charge < -0.3 is 24.5 Å². The number of carbonyl (C=O) groups is 2. The minimum Gasteiger partial charge on any atom is -0.459 e. The fraction of sp³-hybridized carbons (Fsp3) is 0.897. The molecule has 1 saturated heterocycles. The van der Waals surface area contributed by atoms with Crippen molar-refractivity contribution in [3.05, 3.63) is 0 Å². The number of cyclic esters (lactones) is 1. The van der Waals surface area contributed by atoms with Crippen LogP contribution in [0.1, 0.15) is 101 Å². The molecule has 1 unspecified atom stereocenters. The van der Waals surface area contributed by atoms with E-state index in [0.29, 0.717) is 12.1 Å². The maximum absolute atomic E-state index is 13.3. The van der Waals surface area contributed by atoms with Crippen LogP contribution in [0.25, 0.3) is 0 Å². The number of nitrogens with zero attached hydrogens (tertiary/aromatic N) is 1. The van der Waals surface area contributed by atoms with Crippen LogP contribution in [0.2, 0.25) is 0 Å². The minimum atomic E-state index is -1.78. The molecule has 0 saturated carbocycles. The van der Waals surface area contributed by atoms with Crippen LogP contribution in [0.15, 0.2) is 5.16 Å². The zero-order valence-corrected chi connectivity index (χ0v) is 25.0. The number of ketones is 1. The molecular formula is C29H53NO7. The zero-order chi connectivity index (χ0) is 28.7. The first-order valence-corrected chi connectivity index (χ1v) is 14.1. The van der Waals surface area contributed by atoms with Gasteiger partial charge in [0.1, 0.15) is 29.5 Å². The lowest BCUT2D eigenvalue weighted by Gasteiger charge is -2.43. The third-order valence-corrected chi connectivity index (χ3v) is 8.82. The van der Waals surface area contributed by atoms with Crippen LogP contribution < -0.4 is 0 Å². The molecule has 0 amide bonds. The number of hydrogen-bond donors (Lipinski definition) is 2. The fourth-order valence-electron chi connectivity index (χ4n) is 5.58. The molecule has 10 atom stereocenters. The Morgan fingerprint density at radius 1 is 1.08 bits per heavy atom. The van der Waals surface area contributed by atoms with E-state index in [1.165, 1.54) is 13.8 Å². The van der Waals surface area contributed by atoms with Gasteiger partial charge >= 0.3 is 5.97 Å². The van der Waals surface area contributed by atoms with Crippen LogP contribution in [-0.4, -0.2) is 64.3 Å². The number of aliphatic hydroxyl groups excluding tert-OH is 1. The molecule has 1 heterocycles. The molecule has 0 aromatic heterocycles. The molecule has 0 aromatic carbocycles. The van der Waals surface area contributed by atoms with Crippen molar-refractivity contribution >= 4 is 17.5 Å². The molecule has 0 radical (unpaired) electrons. The highest BCUT2D eigenvalue weighted by Gasteiger charge is 2.48. The number of rotatable bonds is 7. The van der Waals surface area contributed by atoms with Crippen molar-refractivity contribution in [2.24, 2.45) is 34.7 Å². The predicted molar refractivity (Wildman–Crippen MR) is 145 cm³/mol. The third-order valence-electron chi connectivity index (χ3n) is 8.82. The van der Waals surface area contributed by atoms with Crippen molar-refractivity contribution in [2.75, 3.05) is 7.11 Å². The topological polar surface area (TPSA) is 115 Å². The second-order valence-corrected chi connectivity index (χ2v) is 11.6. The number of carbonyl (C=O) groups excluding carboxylic acids is 2. The Kier molecular flexibility index (Phi) is 12.7. The van der Waals surface area contributed by atoms with Gasteiger partial charge in [0.05, 0.1) is 17.4 Å². The molecule has 0 bridgehead atoms. The number of oxime groups is 1. The Morgan fingerprint density at radius 3 is 2.16 bits per heavy atom. The van der Waals surface area contributed by atoms with E-state index in [1.54, 1.807) is 21.0 Å². The van der Waals surface area contributed by atoms with Crippen molar-refractivity contribution in [1.82, 2.24) is 0 Å². The maximum Gasteiger partial charge on any atom is 0.316 e. The van der Waals surface area contributed by atoms with Crippen molar-refractivity contribution in [3.8, 4) is 0 Å². The fourth-order valence-corrected chi connectivity index (χ4v) is 5.58. The van der Waals surface area contributed by atoms with E-state index in [2.05, 4.69) is 12.1 Å². The molecule has 1 aliphatic heterocycles. The summed E-state index contributed by atoms with van der Waals surface area (Å²) in [5, 5.41) is 27.5. The molecule has 8 nitrogen and oxygen atoms in total. The standard InChI is InChI=1S/C29H53NO7/c1-12-15-22(13-2)37-30-24-17(4)16-28(9,35-11)21(8)18(5)25(31)20(7)27(33)36-23(14-3)29(10,34)26(32)19(24)6/h17-23,26,32,34H,12-16H2,1-11H3/t17-,18-,19+,20-,21-,22?,23-,26-,28-,29-/m1/s1. The van der Waals surface area contributed by atoms with Crippen LogP contribution in [0.4, 0.5) is 0 Å². The number of methoxy groups -OCH3 is 1. The highest BCUT2D eigenvalue weighted by atomic mass is 16.6. The van der Waals surface area contributed by atoms with Gasteiger partial charge in [-0.05, 0) is 52.4 Å². The van der Waals surface area contributed by atoms with Crippen LogP contribution in [-0.2, 0) is 23.9 Å². The molecule has 2 N–H and O–H groups in total. The molecule has 0 aromatic rings. The van der Waals surface area contributed by atoms with Gasteiger partial charge in [0.15, 0.2) is 0 Å². The second kappa shape index (κ2) is 14.0. The smallest absolute Gasteiger partial charge is 0.316 e. The highest BCUT2D eigenvalue weighted by Crippen LogP contribution is 2.38. The summed E-state index contributed by atoms with van der Waals surface area (Å²) in [6.07, 6.45) is 1.02. The van der Waals surface area contributed by atoms with Crippen LogP contribution in [0, 0.1) is 29.6 Å². The molecule has 1 aliphatic rings. The van der Waals surface area contributed by atoms with Crippen LogP contribution >= 0.6 is 0 Å². The molecule has 37 heavy (non-hydrogen) atoms. The summed E-state index contributed by atoms with van der Waals surface area (Å²) in [7, 11) is 1.62. The molecule has 1 rings (SSSR count). The van der Waals surface area contributed by atoms with E-state index in [9.17, 15) is 19.8 Å². The summed E-state index contributed by atoms with van der Waals surface area (Å²) in [6, 6.07) is 0. The van der Waals surface area contributed by atoms with Crippen molar-refractivity contribution in [1.29, 1.82) is 0 Å². The SMILES string of the molecule is CCCC(CC)ON=C1[C@H](C)C[C@@](C)(OC)[C@H](C)[C@@H](C)C(=O)[C@@H](C)C(=O)O[C@H](CC)[C@@](C)(O)[C@H](O)[C@H]1C. The molecule has 0 spiro atoms. The van der Waals surface area contributed by atoms with Gasteiger partial charge in [-0.1, -0.05) is 60.0 Å². The molecule has 8 heteroatoms. The number of ether oxygens (including phenoxy) is 2. The molecule has 0 aliphatic carbocycles. The Bertz CT molecular complexity index is 782. The third kappa shape index (κ3) is 7.76. The van der Waals surface area contributed by atoms with Gasteiger partial charge in [-0.2, -0.15) is 0 Å². The van der Waals surface area contributed by atoms with E-state index in [0.717, 1.165) is 19.3 Å². The lowest BCUT2D eigenvalue weighted by atomic mass is 9.71. The quantitative estimate of drug-likeness (QED) is 0.274. The Labute approximate surface area is 224 Å². The lowest BCUT2D eigenvalue weighted by Crippen LogP contribution is -2.56. The average Bonchev–Trinajstić information content (AvgIpc) is 2.87. The first kappa shape index (κ1) is 33.5. The molecule has 1 fully saturated rings. The molecule has 216 valence electrons. The monoisotopic (exact) mass is 527 g/mol. The zero-order valence-electron chi connectivity index (χ0n) is 25.0. The van der Waals surface area contributed by atoms with Crippen molar-refractivity contribution in [2.45, 2.75) is 131 Å². The van der Waals surface area contributed by atoms with Gasteiger partial charge in [0, 0.05) is 24.9 Å². The summed E-state index contributed by atoms with van der Waals surface area (Å²) >= 11 is 0. The highest BCUT2D eigenvalue weighted by molar-refractivity contribution is 5.99. The number of hydrogen-bond acceptors (Lipinski definition) is 8. The second-order valence-electron chi connectivity index (χ2n) is 11.6. The van der Waals surface area contributed by atoms with Crippen LogP contribution in [0.5, 0.6) is 0 Å². The van der Waals surface area contributed by atoms with Gasteiger partial charge in [-0.25, -0.2) is 0 Å².